The van der Waals surface area contributed by atoms with Crippen molar-refractivity contribution in [2.45, 2.75) is 6.42 Å². The van der Waals surface area contributed by atoms with Gasteiger partial charge in [-0.15, -0.1) is 0 Å². The van der Waals surface area contributed by atoms with Crippen LogP contribution in [0.5, 0.6) is 0 Å². The molecule has 8 heteroatoms. The van der Waals surface area contributed by atoms with Gasteiger partial charge in [-0.1, -0.05) is 5.10 Å². The zero-order chi connectivity index (χ0) is 12.3. The van der Waals surface area contributed by atoms with Crippen molar-refractivity contribution < 1.29 is 9.90 Å². The van der Waals surface area contributed by atoms with Crippen molar-refractivity contribution in [3.05, 3.63) is 0 Å². The van der Waals surface area contributed by atoms with Gasteiger partial charge in [0.15, 0.2) is 0 Å². The summed E-state index contributed by atoms with van der Waals surface area (Å²) in [5.41, 5.74) is 0. The van der Waals surface area contributed by atoms with Crippen LogP contribution in [0, 0.1) is 0 Å². The Morgan fingerprint density at radius 3 is 2.82 bits per heavy atom. The topological polar surface area (TPSA) is 87.4 Å². The number of aliphatic carboxylic acids is 1. The lowest BCUT2D eigenvalue weighted by atomic mass is 10.4. The fraction of sp³-hybridized carbons (Fsp3) is 0.778. The minimum atomic E-state index is -0.779. The molecule has 0 bridgehead atoms. The van der Waals surface area contributed by atoms with E-state index in [2.05, 4.69) is 20.4 Å². The van der Waals surface area contributed by atoms with Gasteiger partial charge >= 0.3 is 5.97 Å². The molecule has 94 valence electrons. The molecule has 0 aliphatic carbocycles. The first-order chi connectivity index (χ1) is 8.16. The third-order valence-corrected chi connectivity index (χ3v) is 2.83. The van der Waals surface area contributed by atoms with Crippen molar-refractivity contribution in [2.75, 3.05) is 37.6 Å². The van der Waals surface area contributed by atoms with Crippen molar-refractivity contribution >= 4 is 11.9 Å². The van der Waals surface area contributed by atoms with Gasteiger partial charge in [-0.25, -0.2) is 4.68 Å². The second kappa shape index (κ2) is 5.09. The number of anilines is 1. The maximum Gasteiger partial charge on any atom is 0.317 e. The highest BCUT2D eigenvalue weighted by Crippen LogP contribution is 2.10. The molecule has 0 spiro atoms. The molecular weight excluding hydrogens is 224 g/mol. The Kier molecular flexibility index (Phi) is 3.52. The van der Waals surface area contributed by atoms with E-state index in [0.717, 1.165) is 38.5 Å². The highest BCUT2D eigenvalue weighted by atomic mass is 16.4. The Morgan fingerprint density at radius 2 is 2.18 bits per heavy atom. The molecule has 1 aliphatic heterocycles. The summed E-state index contributed by atoms with van der Waals surface area (Å²) in [7, 11) is 1.80. The smallest absolute Gasteiger partial charge is 0.317 e. The molecule has 0 aromatic carbocycles. The summed E-state index contributed by atoms with van der Waals surface area (Å²) in [5.74, 6) is -0.0408. The van der Waals surface area contributed by atoms with E-state index < -0.39 is 5.97 Å². The molecule has 17 heavy (non-hydrogen) atoms. The summed E-state index contributed by atoms with van der Waals surface area (Å²) in [4.78, 5) is 14.7. The molecule has 1 fully saturated rings. The van der Waals surface area contributed by atoms with Crippen LogP contribution in [-0.4, -0.2) is 68.9 Å². The number of carboxylic acids is 1. The number of hydrogen-bond acceptors (Lipinski definition) is 6. The van der Waals surface area contributed by atoms with E-state index in [1.807, 2.05) is 4.90 Å². The van der Waals surface area contributed by atoms with Gasteiger partial charge in [-0.3, -0.25) is 9.69 Å². The van der Waals surface area contributed by atoms with Gasteiger partial charge in [-0.05, 0) is 16.8 Å². The normalized spacial score (nSPS) is 18.1. The summed E-state index contributed by atoms with van der Waals surface area (Å²) in [6.45, 7) is 3.23. The number of aromatic nitrogens is 4. The molecule has 1 saturated heterocycles. The highest BCUT2D eigenvalue weighted by molar-refractivity contribution is 5.69. The second-order valence-corrected chi connectivity index (χ2v) is 4.11. The van der Waals surface area contributed by atoms with Crippen LogP contribution >= 0.6 is 0 Å². The first kappa shape index (κ1) is 11.8. The molecule has 0 unspecified atom stereocenters. The van der Waals surface area contributed by atoms with Gasteiger partial charge in [-0.2, -0.15) is 0 Å². The maximum atomic E-state index is 10.7. The van der Waals surface area contributed by atoms with E-state index in [4.69, 9.17) is 5.11 Å². The fourth-order valence-electron chi connectivity index (χ4n) is 2.01. The van der Waals surface area contributed by atoms with E-state index in [0.29, 0.717) is 0 Å². The van der Waals surface area contributed by atoms with Crippen molar-refractivity contribution in [3.8, 4) is 0 Å². The number of rotatable bonds is 3. The van der Waals surface area contributed by atoms with E-state index in [1.54, 1.807) is 11.7 Å². The molecular formula is C9H16N6O2. The molecule has 8 nitrogen and oxygen atoms in total. The van der Waals surface area contributed by atoms with Gasteiger partial charge < -0.3 is 10.0 Å². The van der Waals surface area contributed by atoms with Crippen LogP contribution in [0.2, 0.25) is 0 Å². The first-order valence-electron chi connectivity index (χ1n) is 5.58. The summed E-state index contributed by atoms with van der Waals surface area (Å²) in [6, 6.07) is 0. The summed E-state index contributed by atoms with van der Waals surface area (Å²) >= 11 is 0. The van der Waals surface area contributed by atoms with Crippen molar-refractivity contribution in [2.24, 2.45) is 7.05 Å². The summed E-state index contributed by atoms with van der Waals surface area (Å²) in [5, 5.41) is 20.1. The van der Waals surface area contributed by atoms with Gasteiger partial charge in [0.1, 0.15) is 0 Å². The zero-order valence-corrected chi connectivity index (χ0v) is 9.78. The minimum absolute atomic E-state index is 0.102. The largest absolute Gasteiger partial charge is 0.480 e. The third-order valence-electron chi connectivity index (χ3n) is 2.83. The molecule has 0 atom stereocenters. The van der Waals surface area contributed by atoms with Gasteiger partial charge in [0.25, 0.3) is 0 Å². The van der Waals surface area contributed by atoms with Crippen LogP contribution in [0.1, 0.15) is 6.42 Å². The Morgan fingerprint density at radius 1 is 1.35 bits per heavy atom. The van der Waals surface area contributed by atoms with E-state index in [1.165, 1.54) is 0 Å². The average molecular weight is 240 g/mol. The van der Waals surface area contributed by atoms with Crippen LogP contribution in [0.4, 0.5) is 5.95 Å². The molecule has 1 aromatic rings. The lowest BCUT2D eigenvalue weighted by Gasteiger charge is -2.20. The van der Waals surface area contributed by atoms with Gasteiger partial charge in [0, 0.05) is 33.2 Å². The van der Waals surface area contributed by atoms with Crippen LogP contribution in [-0.2, 0) is 11.8 Å². The quantitative estimate of drug-likeness (QED) is 0.710. The predicted molar refractivity (Wildman–Crippen MR) is 59.7 cm³/mol. The fourth-order valence-corrected chi connectivity index (χ4v) is 2.01. The SMILES string of the molecule is Cn1nnnc1N1CCCN(CC(=O)O)CC1. The highest BCUT2D eigenvalue weighted by Gasteiger charge is 2.19. The van der Waals surface area contributed by atoms with Crippen LogP contribution in [0.25, 0.3) is 0 Å². The van der Waals surface area contributed by atoms with Crippen molar-refractivity contribution in [1.29, 1.82) is 0 Å². The summed E-state index contributed by atoms with van der Waals surface area (Å²) in [6.07, 6.45) is 0.917. The van der Waals surface area contributed by atoms with Crippen molar-refractivity contribution in [1.82, 2.24) is 25.1 Å². The van der Waals surface area contributed by atoms with Crippen LogP contribution in [0.3, 0.4) is 0 Å². The van der Waals surface area contributed by atoms with Gasteiger partial charge in [0.05, 0.1) is 6.54 Å². The zero-order valence-electron chi connectivity index (χ0n) is 9.78. The number of carbonyl (C=O) groups is 1. The van der Waals surface area contributed by atoms with Gasteiger partial charge in [0.2, 0.25) is 5.95 Å². The number of tetrazole rings is 1. The average Bonchev–Trinajstić information content (AvgIpc) is 2.56. The van der Waals surface area contributed by atoms with Crippen molar-refractivity contribution in [3.63, 3.8) is 0 Å². The molecule has 1 aliphatic rings. The Balaban J connectivity index is 1.96. The number of carboxylic acid groups (broad SMARTS) is 1. The Hall–Kier alpha value is -1.70. The molecule has 0 amide bonds. The second-order valence-electron chi connectivity index (χ2n) is 4.11. The van der Waals surface area contributed by atoms with E-state index in [-0.39, 0.29) is 6.54 Å². The number of nitrogens with zero attached hydrogens (tertiary/aromatic N) is 6. The molecule has 0 radical (unpaired) electrons. The molecule has 2 heterocycles. The first-order valence-corrected chi connectivity index (χ1v) is 5.58. The third kappa shape index (κ3) is 2.90. The van der Waals surface area contributed by atoms with Crippen LogP contribution in [0.15, 0.2) is 0 Å². The van der Waals surface area contributed by atoms with E-state index >= 15 is 0 Å². The van der Waals surface area contributed by atoms with Crippen LogP contribution < -0.4 is 4.90 Å². The standard InChI is InChI=1S/C9H16N6O2/c1-13-9(10-11-12-13)15-4-2-3-14(5-6-15)7-8(16)17/h2-7H2,1H3,(H,16,17). The molecule has 0 saturated carbocycles. The molecule has 2 rings (SSSR count). The Bertz CT molecular complexity index is 393. The lowest BCUT2D eigenvalue weighted by molar-refractivity contribution is -0.138. The number of aryl methyl sites for hydroxylation is 1. The van der Waals surface area contributed by atoms with E-state index in [9.17, 15) is 4.79 Å². The lowest BCUT2D eigenvalue weighted by Crippen LogP contribution is -2.34. The molecule has 1 N–H and O–H groups in total. The minimum Gasteiger partial charge on any atom is -0.480 e. The monoisotopic (exact) mass is 240 g/mol. The number of hydrogen-bond donors (Lipinski definition) is 1. The maximum absolute atomic E-state index is 10.7. The predicted octanol–water partition coefficient (Wildman–Crippen LogP) is -1.19. The summed E-state index contributed by atoms with van der Waals surface area (Å²) < 4.78 is 1.63. The molecule has 1 aromatic heterocycles. The Labute approximate surface area is 98.8 Å².